The number of ether oxygens (including phenoxy) is 1. The molecule has 1 N–H and O–H groups in total. The van der Waals surface area contributed by atoms with Crippen LogP contribution in [0.3, 0.4) is 0 Å². The van der Waals surface area contributed by atoms with E-state index in [1.165, 1.54) is 0 Å². The lowest BCUT2D eigenvalue weighted by Crippen LogP contribution is -2.22. The van der Waals surface area contributed by atoms with Gasteiger partial charge in [0.15, 0.2) is 0 Å². The summed E-state index contributed by atoms with van der Waals surface area (Å²) in [6.45, 7) is 6.13. The maximum atomic E-state index is 11.5. The average molecular weight is 247 g/mol. The summed E-state index contributed by atoms with van der Waals surface area (Å²) < 4.78 is 5.31. The van der Waals surface area contributed by atoms with Crippen molar-refractivity contribution in [2.75, 3.05) is 0 Å². The molecule has 0 aromatic heterocycles. The van der Waals surface area contributed by atoms with Gasteiger partial charge in [0, 0.05) is 6.20 Å². The lowest BCUT2D eigenvalue weighted by atomic mass is 9.96. The maximum absolute atomic E-state index is 11.5. The minimum Gasteiger partial charge on any atom is -0.410 e. The highest BCUT2D eigenvalue weighted by Gasteiger charge is 2.12. The molecule has 0 bridgehead atoms. The van der Waals surface area contributed by atoms with Gasteiger partial charge in [0.05, 0.1) is 0 Å². The van der Waals surface area contributed by atoms with Crippen LogP contribution >= 0.6 is 0 Å². The zero-order valence-corrected chi connectivity index (χ0v) is 11.3. The first-order chi connectivity index (χ1) is 8.69. The fourth-order valence-electron chi connectivity index (χ4n) is 1.85. The number of amides is 1. The van der Waals surface area contributed by atoms with Gasteiger partial charge in [-0.05, 0) is 30.9 Å². The summed E-state index contributed by atoms with van der Waals surface area (Å²) in [4.78, 5) is 11.5. The van der Waals surface area contributed by atoms with Crippen LogP contribution in [0.4, 0.5) is 4.79 Å². The first-order valence-corrected chi connectivity index (χ1v) is 6.37. The molecule has 0 spiro atoms. The standard InChI is InChI=1S/C15H21NO2/c1-4-8-12(3)13-9-6-7-10-14(13)18-15(17)16-11-5-2/h5-7,9-12H,4,8H2,1-3H3,(H,16,17). The van der Waals surface area contributed by atoms with Crippen molar-refractivity contribution in [2.45, 2.75) is 39.5 Å². The van der Waals surface area contributed by atoms with Crippen molar-refractivity contribution < 1.29 is 9.53 Å². The van der Waals surface area contributed by atoms with Gasteiger partial charge in [-0.15, -0.1) is 0 Å². The van der Waals surface area contributed by atoms with Crippen molar-refractivity contribution in [3.8, 4) is 5.75 Å². The first-order valence-electron chi connectivity index (χ1n) is 6.37. The SMILES string of the molecule is CC=CNC(=O)Oc1ccccc1C(C)CCC. The lowest BCUT2D eigenvalue weighted by Gasteiger charge is -2.15. The highest BCUT2D eigenvalue weighted by Crippen LogP contribution is 2.29. The van der Waals surface area contributed by atoms with E-state index in [4.69, 9.17) is 4.74 Å². The van der Waals surface area contributed by atoms with Crippen LogP contribution in [0.25, 0.3) is 0 Å². The largest absolute Gasteiger partial charge is 0.416 e. The summed E-state index contributed by atoms with van der Waals surface area (Å²) in [5.74, 6) is 1.03. The van der Waals surface area contributed by atoms with Gasteiger partial charge in [-0.3, -0.25) is 5.32 Å². The summed E-state index contributed by atoms with van der Waals surface area (Å²) in [6.07, 6.45) is 5.04. The molecule has 1 amide bonds. The molecule has 1 aromatic rings. The molecule has 0 aliphatic carbocycles. The number of carbonyl (C=O) groups is 1. The van der Waals surface area contributed by atoms with Gasteiger partial charge in [0.25, 0.3) is 0 Å². The topological polar surface area (TPSA) is 38.3 Å². The number of hydrogen-bond acceptors (Lipinski definition) is 2. The Balaban J connectivity index is 2.78. The van der Waals surface area contributed by atoms with Crippen molar-refractivity contribution in [1.29, 1.82) is 0 Å². The molecule has 0 saturated carbocycles. The van der Waals surface area contributed by atoms with E-state index in [9.17, 15) is 4.79 Å². The fraction of sp³-hybridized carbons (Fsp3) is 0.400. The summed E-state index contributed by atoms with van der Waals surface area (Å²) in [6, 6.07) is 7.69. The van der Waals surface area contributed by atoms with Gasteiger partial charge in [-0.25, -0.2) is 4.79 Å². The van der Waals surface area contributed by atoms with Crippen LogP contribution in [-0.4, -0.2) is 6.09 Å². The molecule has 1 aromatic carbocycles. The number of rotatable bonds is 5. The number of hydrogen-bond donors (Lipinski definition) is 1. The molecular weight excluding hydrogens is 226 g/mol. The molecule has 1 rings (SSSR count). The van der Waals surface area contributed by atoms with E-state index in [0.29, 0.717) is 11.7 Å². The van der Waals surface area contributed by atoms with Crippen LogP contribution < -0.4 is 10.1 Å². The Morgan fingerprint density at radius 2 is 2.17 bits per heavy atom. The van der Waals surface area contributed by atoms with E-state index in [0.717, 1.165) is 18.4 Å². The average Bonchev–Trinajstić information content (AvgIpc) is 2.37. The molecule has 0 saturated heterocycles. The second kappa shape index (κ2) is 7.54. The Kier molecular flexibility index (Phi) is 5.98. The Bertz CT molecular complexity index is 413. The quantitative estimate of drug-likeness (QED) is 0.846. The van der Waals surface area contributed by atoms with Crippen LogP contribution in [0.2, 0.25) is 0 Å². The van der Waals surface area contributed by atoms with Gasteiger partial charge in [0.2, 0.25) is 0 Å². The number of nitrogens with one attached hydrogen (secondary N) is 1. The Morgan fingerprint density at radius 1 is 1.44 bits per heavy atom. The van der Waals surface area contributed by atoms with E-state index in [2.05, 4.69) is 19.2 Å². The van der Waals surface area contributed by atoms with E-state index in [1.54, 1.807) is 12.3 Å². The molecule has 98 valence electrons. The molecule has 0 aliphatic heterocycles. The first kappa shape index (κ1) is 14.3. The smallest absolute Gasteiger partial charge is 0.410 e. The summed E-state index contributed by atoms with van der Waals surface area (Å²) in [7, 11) is 0. The molecule has 3 nitrogen and oxygen atoms in total. The molecule has 0 aliphatic rings. The third-order valence-corrected chi connectivity index (χ3v) is 2.74. The zero-order chi connectivity index (χ0) is 13.4. The third kappa shape index (κ3) is 4.24. The van der Waals surface area contributed by atoms with Gasteiger partial charge in [-0.1, -0.05) is 44.5 Å². The summed E-state index contributed by atoms with van der Waals surface area (Å²) >= 11 is 0. The van der Waals surface area contributed by atoms with Crippen LogP contribution in [0, 0.1) is 0 Å². The minimum atomic E-state index is -0.454. The molecule has 0 fully saturated rings. The normalized spacial score (nSPS) is 12.4. The number of allylic oxidation sites excluding steroid dienone is 1. The fourth-order valence-corrected chi connectivity index (χ4v) is 1.85. The number of para-hydroxylation sites is 1. The molecule has 0 radical (unpaired) electrons. The van der Waals surface area contributed by atoms with Crippen LogP contribution in [0.1, 0.15) is 45.1 Å². The molecule has 1 atom stereocenters. The van der Waals surface area contributed by atoms with Crippen LogP contribution in [-0.2, 0) is 0 Å². The van der Waals surface area contributed by atoms with Crippen LogP contribution in [0.5, 0.6) is 5.75 Å². The minimum absolute atomic E-state index is 0.390. The Hall–Kier alpha value is -1.77. The maximum Gasteiger partial charge on any atom is 0.416 e. The monoisotopic (exact) mass is 247 g/mol. The highest BCUT2D eigenvalue weighted by atomic mass is 16.6. The van der Waals surface area contributed by atoms with Gasteiger partial charge in [0.1, 0.15) is 5.75 Å². The van der Waals surface area contributed by atoms with Gasteiger partial charge in [-0.2, -0.15) is 0 Å². The van der Waals surface area contributed by atoms with Crippen LogP contribution in [0.15, 0.2) is 36.5 Å². The molecular formula is C15H21NO2. The second-order valence-electron chi connectivity index (χ2n) is 4.26. The van der Waals surface area contributed by atoms with E-state index in [-0.39, 0.29) is 0 Å². The second-order valence-corrected chi connectivity index (χ2v) is 4.26. The van der Waals surface area contributed by atoms with Crippen molar-refractivity contribution in [2.24, 2.45) is 0 Å². The van der Waals surface area contributed by atoms with E-state index in [1.807, 2.05) is 31.2 Å². The van der Waals surface area contributed by atoms with Crippen molar-refractivity contribution in [1.82, 2.24) is 5.32 Å². The zero-order valence-electron chi connectivity index (χ0n) is 11.3. The molecule has 0 heterocycles. The summed E-state index contributed by atoms with van der Waals surface area (Å²) in [5, 5.41) is 2.54. The number of benzene rings is 1. The molecule has 3 heteroatoms. The number of carbonyl (C=O) groups excluding carboxylic acids is 1. The highest BCUT2D eigenvalue weighted by molar-refractivity contribution is 5.71. The Labute approximate surface area is 109 Å². The van der Waals surface area contributed by atoms with Crippen molar-refractivity contribution in [3.63, 3.8) is 0 Å². The molecule has 18 heavy (non-hydrogen) atoms. The molecule has 1 unspecified atom stereocenters. The predicted molar refractivity (Wildman–Crippen MR) is 73.7 cm³/mol. The predicted octanol–water partition coefficient (Wildman–Crippen LogP) is 4.21. The third-order valence-electron chi connectivity index (χ3n) is 2.74. The van der Waals surface area contributed by atoms with E-state index < -0.39 is 6.09 Å². The van der Waals surface area contributed by atoms with Crippen molar-refractivity contribution in [3.05, 3.63) is 42.1 Å². The lowest BCUT2D eigenvalue weighted by molar-refractivity contribution is 0.204. The van der Waals surface area contributed by atoms with Crippen molar-refractivity contribution >= 4 is 6.09 Å². The van der Waals surface area contributed by atoms with Gasteiger partial charge >= 0.3 is 6.09 Å². The summed E-state index contributed by atoms with van der Waals surface area (Å²) in [5.41, 5.74) is 1.08. The van der Waals surface area contributed by atoms with Gasteiger partial charge < -0.3 is 4.74 Å². The Morgan fingerprint density at radius 3 is 2.83 bits per heavy atom. The van der Waals surface area contributed by atoms with E-state index >= 15 is 0 Å².